The fourth-order valence-corrected chi connectivity index (χ4v) is 3.37. The van der Waals surface area contributed by atoms with Crippen LogP contribution in [0.1, 0.15) is 45.7 Å². The maximum atomic E-state index is 3.81. The molecule has 0 unspecified atom stereocenters. The molecule has 0 amide bonds. The lowest BCUT2D eigenvalue weighted by Crippen LogP contribution is -2.17. The van der Waals surface area contributed by atoms with Crippen LogP contribution in [-0.4, -0.2) is 6.54 Å². The van der Waals surface area contributed by atoms with E-state index in [1.54, 1.807) is 0 Å². The van der Waals surface area contributed by atoms with Crippen molar-refractivity contribution in [3.8, 4) is 0 Å². The smallest absolute Gasteiger partial charge is 0.0205 e. The van der Waals surface area contributed by atoms with Gasteiger partial charge in [-0.15, -0.1) is 0 Å². The maximum Gasteiger partial charge on any atom is 0.0205 e. The van der Waals surface area contributed by atoms with Crippen LogP contribution in [0.15, 0.2) is 79.4 Å². The quantitative estimate of drug-likeness (QED) is 0.470. The van der Waals surface area contributed by atoms with Gasteiger partial charge in [0.05, 0.1) is 0 Å². The zero-order valence-electron chi connectivity index (χ0n) is 16.4. The summed E-state index contributed by atoms with van der Waals surface area (Å²) in [7, 11) is 0. The average Bonchev–Trinajstić information content (AvgIpc) is 2.70. The standard InChI is InChI=1S/C26H29N/c1-4-22-9-11-23(12-10-22)19-27-18-17-26(24-13-5-20(2)6-14-24)25-15-7-21(3)8-16-25/h4-16,26-27H,1,17-19H2,2-3H3. The topological polar surface area (TPSA) is 12.0 Å². The lowest BCUT2D eigenvalue weighted by molar-refractivity contribution is 0.611. The number of rotatable bonds is 8. The highest BCUT2D eigenvalue weighted by Crippen LogP contribution is 2.28. The predicted octanol–water partition coefficient (Wildman–Crippen LogP) is 6.26. The Kier molecular flexibility index (Phi) is 6.62. The Bertz CT molecular complexity index is 797. The van der Waals surface area contributed by atoms with Crippen LogP contribution >= 0.6 is 0 Å². The van der Waals surface area contributed by atoms with Crippen molar-refractivity contribution in [2.75, 3.05) is 6.54 Å². The molecule has 0 spiro atoms. The van der Waals surface area contributed by atoms with Crippen molar-refractivity contribution >= 4 is 6.08 Å². The SMILES string of the molecule is C=Cc1ccc(CNCCC(c2ccc(C)cc2)c2ccc(C)cc2)cc1. The molecule has 0 heterocycles. The van der Waals surface area contributed by atoms with E-state index in [0.717, 1.165) is 25.1 Å². The van der Waals surface area contributed by atoms with Crippen molar-refractivity contribution in [2.24, 2.45) is 0 Å². The summed E-state index contributed by atoms with van der Waals surface area (Å²) in [5.41, 5.74) is 7.87. The summed E-state index contributed by atoms with van der Waals surface area (Å²) in [5.74, 6) is 0.418. The Morgan fingerprint density at radius 2 is 1.30 bits per heavy atom. The summed E-state index contributed by atoms with van der Waals surface area (Å²) in [6.07, 6.45) is 2.96. The fourth-order valence-electron chi connectivity index (χ4n) is 3.37. The number of hydrogen-bond donors (Lipinski definition) is 1. The molecule has 0 saturated heterocycles. The normalized spacial score (nSPS) is 10.9. The minimum Gasteiger partial charge on any atom is -0.313 e. The summed E-state index contributed by atoms with van der Waals surface area (Å²) in [4.78, 5) is 0. The molecule has 0 saturated carbocycles. The van der Waals surface area contributed by atoms with Gasteiger partial charge in [-0.25, -0.2) is 0 Å². The molecule has 3 aromatic rings. The maximum absolute atomic E-state index is 3.81. The third kappa shape index (κ3) is 5.42. The van der Waals surface area contributed by atoms with Crippen molar-refractivity contribution < 1.29 is 0 Å². The van der Waals surface area contributed by atoms with Crippen LogP contribution < -0.4 is 5.32 Å². The number of aryl methyl sites for hydroxylation is 2. The molecule has 1 nitrogen and oxygen atoms in total. The van der Waals surface area contributed by atoms with E-state index in [1.165, 1.54) is 27.8 Å². The van der Waals surface area contributed by atoms with E-state index in [9.17, 15) is 0 Å². The van der Waals surface area contributed by atoms with Gasteiger partial charge in [0.1, 0.15) is 0 Å². The Morgan fingerprint density at radius 1 is 0.778 bits per heavy atom. The number of benzene rings is 3. The minimum absolute atomic E-state index is 0.418. The second-order valence-electron chi connectivity index (χ2n) is 7.29. The van der Waals surface area contributed by atoms with Crippen LogP contribution in [-0.2, 0) is 6.54 Å². The third-order valence-corrected chi connectivity index (χ3v) is 5.11. The number of nitrogens with one attached hydrogen (secondary N) is 1. The summed E-state index contributed by atoms with van der Waals surface area (Å²) in [6.45, 7) is 9.97. The summed E-state index contributed by atoms with van der Waals surface area (Å²) in [6, 6.07) is 26.5. The van der Waals surface area contributed by atoms with E-state index in [1.807, 2.05) is 6.08 Å². The summed E-state index contributed by atoms with van der Waals surface area (Å²) in [5, 5.41) is 3.61. The molecule has 1 heteroatoms. The van der Waals surface area contributed by atoms with E-state index in [0.29, 0.717) is 5.92 Å². The largest absolute Gasteiger partial charge is 0.313 e. The molecular weight excluding hydrogens is 326 g/mol. The van der Waals surface area contributed by atoms with Crippen LogP contribution in [0, 0.1) is 13.8 Å². The molecule has 1 N–H and O–H groups in total. The Morgan fingerprint density at radius 3 is 1.78 bits per heavy atom. The first-order valence-electron chi connectivity index (χ1n) is 9.71. The van der Waals surface area contributed by atoms with E-state index >= 15 is 0 Å². The van der Waals surface area contributed by atoms with Gasteiger partial charge < -0.3 is 5.32 Å². The lowest BCUT2D eigenvalue weighted by atomic mass is 9.87. The Labute approximate surface area is 163 Å². The molecule has 0 bridgehead atoms. The first-order valence-corrected chi connectivity index (χ1v) is 9.71. The van der Waals surface area contributed by atoms with Gasteiger partial charge in [0.15, 0.2) is 0 Å². The monoisotopic (exact) mass is 355 g/mol. The van der Waals surface area contributed by atoms with E-state index in [4.69, 9.17) is 0 Å². The van der Waals surface area contributed by atoms with Crippen molar-refractivity contribution in [2.45, 2.75) is 32.7 Å². The van der Waals surface area contributed by atoms with Crippen molar-refractivity contribution in [3.05, 3.63) is 113 Å². The van der Waals surface area contributed by atoms with Crippen LogP contribution in [0.3, 0.4) is 0 Å². The first-order chi connectivity index (χ1) is 13.2. The zero-order valence-corrected chi connectivity index (χ0v) is 16.4. The molecule has 3 rings (SSSR count). The molecular formula is C26H29N. The van der Waals surface area contributed by atoms with Gasteiger partial charge in [-0.1, -0.05) is 96.6 Å². The van der Waals surface area contributed by atoms with Crippen LogP contribution in [0.5, 0.6) is 0 Å². The van der Waals surface area contributed by atoms with E-state index in [2.05, 4.69) is 98.5 Å². The summed E-state index contributed by atoms with van der Waals surface area (Å²) >= 11 is 0. The second-order valence-corrected chi connectivity index (χ2v) is 7.29. The first kappa shape index (κ1) is 19.1. The highest BCUT2D eigenvalue weighted by Gasteiger charge is 2.13. The van der Waals surface area contributed by atoms with Gasteiger partial charge in [-0.05, 0) is 49.1 Å². The molecule has 3 aromatic carbocycles. The van der Waals surface area contributed by atoms with Crippen LogP contribution in [0.4, 0.5) is 0 Å². The van der Waals surface area contributed by atoms with Gasteiger partial charge in [-0.3, -0.25) is 0 Å². The predicted molar refractivity (Wildman–Crippen MR) is 117 cm³/mol. The van der Waals surface area contributed by atoms with Crippen LogP contribution in [0.25, 0.3) is 6.08 Å². The molecule has 0 aliphatic heterocycles. The van der Waals surface area contributed by atoms with Crippen molar-refractivity contribution in [1.29, 1.82) is 0 Å². The molecule has 0 atom stereocenters. The van der Waals surface area contributed by atoms with Crippen LogP contribution in [0.2, 0.25) is 0 Å². The van der Waals surface area contributed by atoms with Gasteiger partial charge in [0, 0.05) is 12.5 Å². The molecule has 27 heavy (non-hydrogen) atoms. The Balaban J connectivity index is 1.65. The molecule has 0 aliphatic rings. The Hall–Kier alpha value is -2.64. The van der Waals surface area contributed by atoms with Crippen molar-refractivity contribution in [1.82, 2.24) is 5.32 Å². The average molecular weight is 356 g/mol. The highest BCUT2D eigenvalue weighted by atomic mass is 14.8. The minimum atomic E-state index is 0.418. The zero-order chi connectivity index (χ0) is 19.1. The van der Waals surface area contributed by atoms with Gasteiger partial charge in [0.2, 0.25) is 0 Å². The molecule has 0 aliphatic carbocycles. The fraction of sp³-hybridized carbons (Fsp3) is 0.231. The van der Waals surface area contributed by atoms with E-state index < -0.39 is 0 Å². The van der Waals surface area contributed by atoms with E-state index in [-0.39, 0.29) is 0 Å². The van der Waals surface area contributed by atoms with Crippen molar-refractivity contribution in [3.63, 3.8) is 0 Å². The summed E-state index contributed by atoms with van der Waals surface area (Å²) < 4.78 is 0. The molecule has 138 valence electrons. The molecule has 0 fully saturated rings. The highest BCUT2D eigenvalue weighted by molar-refractivity contribution is 5.47. The molecule has 0 radical (unpaired) electrons. The van der Waals surface area contributed by atoms with Gasteiger partial charge in [0.25, 0.3) is 0 Å². The third-order valence-electron chi connectivity index (χ3n) is 5.11. The van der Waals surface area contributed by atoms with Gasteiger partial charge >= 0.3 is 0 Å². The number of hydrogen-bond acceptors (Lipinski definition) is 1. The molecule has 0 aromatic heterocycles. The second kappa shape index (κ2) is 9.34. The van der Waals surface area contributed by atoms with Gasteiger partial charge in [-0.2, -0.15) is 0 Å². The lowest BCUT2D eigenvalue weighted by Gasteiger charge is -2.19.